The fourth-order valence-corrected chi connectivity index (χ4v) is 1.78. The van der Waals surface area contributed by atoms with Gasteiger partial charge in [0.25, 0.3) is 0 Å². The standard InChI is InChI=1S/C13H18NO/c1-3-8-12(4-2)14(11-15)13-9-6-5-7-10-13/h5-7,9-10,12H,3-4,8H2,1-2H3. The molecule has 1 aromatic rings. The lowest BCUT2D eigenvalue weighted by atomic mass is 10.1. The summed E-state index contributed by atoms with van der Waals surface area (Å²) < 4.78 is 0. The predicted octanol–water partition coefficient (Wildman–Crippen LogP) is 3.14. The van der Waals surface area contributed by atoms with Crippen LogP contribution in [0.2, 0.25) is 0 Å². The van der Waals surface area contributed by atoms with E-state index in [9.17, 15) is 4.79 Å². The second-order valence-electron chi connectivity index (χ2n) is 3.65. The minimum Gasteiger partial charge on any atom is -0.301 e. The molecule has 0 aliphatic rings. The molecule has 0 saturated carbocycles. The lowest BCUT2D eigenvalue weighted by Crippen LogP contribution is -2.33. The SMILES string of the molecule is CCCC(CC)N([C]=O)c1ccccc1. The molecule has 0 saturated heterocycles. The number of para-hydroxylation sites is 1. The monoisotopic (exact) mass is 204 g/mol. The topological polar surface area (TPSA) is 20.3 Å². The summed E-state index contributed by atoms with van der Waals surface area (Å²) in [5.41, 5.74) is 0.938. The van der Waals surface area contributed by atoms with Crippen molar-refractivity contribution >= 4 is 12.1 Å². The zero-order valence-electron chi connectivity index (χ0n) is 9.44. The molecule has 1 amide bonds. The summed E-state index contributed by atoms with van der Waals surface area (Å²) in [6.45, 7) is 4.24. The lowest BCUT2D eigenvalue weighted by Gasteiger charge is -2.26. The molecule has 1 rings (SSSR count). The maximum absolute atomic E-state index is 11.0. The van der Waals surface area contributed by atoms with Gasteiger partial charge in [-0.1, -0.05) is 38.5 Å². The van der Waals surface area contributed by atoms with Gasteiger partial charge in [-0.05, 0) is 25.0 Å². The molecule has 0 aromatic heterocycles. The highest BCUT2D eigenvalue weighted by atomic mass is 16.1. The molecule has 0 fully saturated rings. The Hall–Kier alpha value is -1.31. The van der Waals surface area contributed by atoms with Gasteiger partial charge in [-0.15, -0.1) is 0 Å². The number of nitrogens with zero attached hydrogens (tertiary/aromatic N) is 1. The highest BCUT2D eigenvalue weighted by Crippen LogP contribution is 2.19. The summed E-state index contributed by atoms with van der Waals surface area (Å²) in [7, 11) is 0. The van der Waals surface area contributed by atoms with Crippen LogP contribution in [0.5, 0.6) is 0 Å². The normalized spacial score (nSPS) is 12.1. The predicted molar refractivity (Wildman–Crippen MR) is 63.6 cm³/mol. The Kier molecular flexibility index (Phi) is 4.88. The van der Waals surface area contributed by atoms with Crippen LogP contribution in [0.1, 0.15) is 33.1 Å². The van der Waals surface area contributed by atoms with Gasteiger partial charge in [-0.25, -0.2) is 0 Å². The zero-order valence-corrected chi connectivity index (χ0v) is 9.44. The van der Waals surface area contributed by atoms with Crippen LogP contribution in [-0.4, -0.2) is 12.5 Å². The first-order valence-electron chi connectivity index (χ1n) is 5.55. The molecule has 0 N–H and O–H groups in total. The van der Waals surface area contributed by atoms with Crippen LogP contribution < -0.4 is 4.90 Å². The third-order valence-corrected chi connectivity index (χ3v) is 2.59. The highest BCUT2D eigenvalue weighted by molar-refractivity contribution is 5.76. The Morgan fingerprint density at radius 1 is 1.27 bits per heavy atom. The summed E-state index contributed by atoms with van der Waals surface area (Å²) in [4.78, 5) is 12.7. The Balaban J connectivity index is 2.82. The van der Waals surface area contributed by atoms with Crippen LogP contribution in [-0.2, 0) is 4.79 Å². The van der Waals surface area contributed by atoms with E-state index in [1.165, 1.54) is 0 Å². The summed E-state index contributed by atoms with van der Waals surface area (Å²) in [5.74, 6) is 0. The van der Waals surface area contributed by atoms with Crippen molar-refractivity contribution < 1.29 is 4.79 Å². The van der Waals surface area contributed by atoms with Crippen molar-refractivity contribution in [1.82, 2.24) is 0 Å². The largest absolute Gasteiger partial charge is 0.317 e. The summed E-state index contributed by atoms with van der Waals surface area (Å²) in [6, 6.07) is 10.0. The molecule has 1 atom stereocenters. The van der Waals surface area contributed by atoms with E-state index in [0.717, 1.165) is 24.9 Å². The van der Waals surface area contributed by atoms with Gasteiger partial charge in [0.05, 0.1) is 0 Å². The molecule has 15 heavy (non-hydrogen) atoms. The van der Waals surface area contributed by atoms with E-state index in [1.54, 1.807) is 4.90 Å². The third kappa shape index (κ3) is 3.08. The number of hydrogen-bond donors (Lipinski definition) is 0. The van der Waals surface area contributed by atoms with Crippen LogP contribution in [0.15, 0.2) is 30.3 Å². The molecular weight excluding hydrogens is 186 g/mol. The molecule has 0 spiro atoms. The average Bonchev–Trinajstić information content (AvgIpc) is 2.30. The van der Waals surface area contributed by atoms with Gasteiger partial charge in [0.15, 0.2) is 0 Å². The summed E-state index contributed by atoms with van der Waals surface area (Å²) in [5, 5.41) is 0. The molecule has 0 aliphatic carbocycles. The average molecular weight is 204 g/mol. The van der Waals surface area contributed by atoms with Gasteiger partial charge in [-0.2, -0.15) is 0 Å². The number of carbonyl (C=O) groups excluding carboxylic acids is 1. The Morgan fingerprint density at radius 3 is 2.40 bits per heavy atom. The van der Waals surface area contributed by atoms with Gasteiger partial charge >= 0.3 is 6.41 Å². The third-order valence-electron chi connectivity index (χ3n) is 2.59. The first kappa shape index (κ1) is 11.8. The first-order chi connectivity index (χ1) is 7.33. The molecule has 1 radical (unpaired) electrons. The smallest absolute Gasteiger partial charge is 0.301 e. The molecule has 2 heteroatoms. The fraction of sp³-hybridized carbons (Fsp3) is 0.462. The maximum Gasteiger partial charge on any atom is 0.317 e. The van der Waals surface area contributed by atoms with E-state index in [0.29, 0.717) is 0 Å². The van der Waals surface area contributed by atoms with Crippen LogP contribution >= 0.6 is 0 Å². The van der Waals surface area contributed by atoms with E-state index in [-0.39, 0.29) is 6.04 Å². The van der Waals surface area contributed by atoms with E-state index in [1.807, 2.05) is 36.7 Å². The number of hydrogen-bond acceptors (Lipinski definition) is 1. The molecule has 0 heterocycles. The highest BCUT2D eigenvalue weighted by Gasteiger charge is 2.16. The van der Waals surface area contributed by atoms with Gasteiger partial charge in [-0.3, -0.25) is 4.79 Å². The van der Waals surface area contributed by atoms with E-state index in [4.69, 9.17) is 0 Å². The quantitative estimate of drug-likeness (QED) is 0.652. The van der Waals surface area contributed by atoms with Gasteiger partial charge < -0.3 is 4.90 Å². The van der Waals surface area contributed by atoms with Crippen LogP contribution in [0.3, 0.4) is 0 Å². The number of benzene rings is 1. The van der Waals surface area contributed by atoms with Crippen LogP contribution in [0.25, 0.3) is 0 Å². The minimum atomic E-state index is 0.273. The van der Waals surface area contributed by atoms with Crippen molar-refractivity contribution in [3.05, 3.63) is 30.3 Å². The minimum absolute atomic E-state index is 0.273. The number of rotatable bonds is 6. The van der Waals surface area contributed by atoms with Crippen LogP contribution in [0.4, 0.5) is 5.69 Å². The molecule has 1 aromatic carbocycles. The van der Waals surface area contributed by atoms with Gasteiger partial charge in [0.2, 0.25) is 0 Å². The molecule has 0 aliphatic heterocycles. The van der Waals surface area contributed by atoms with E-state index >= 15 is 0 Å². The Bertz CT molecular complexity index is 284. The second kappa shape index (κ2) is 6.23. The van der Waals surface area contributed by atoms with E-state index < -0.39 is 0 Å². The molecule has 2 nitrogen and oxygen atoms in total. The fourth-order valence-electron chi connectivity index (χ4n) is 1.78. The van der Waals surface area contributed by atoms with Gasteiger partial charge in [0.1, 0.15) is 0 Å². The van der Waals surface area contributed by atoms with Crippen molar-refractivity contribution in [2.75, 3.05) is 4.90 Å². The number of amides is 1. The van der Waals surface area contributed by atoms with Gasteiger partial charge in [0, 0.05) is 11.7 Å². The lowest BCUT2D eigenvalue weighted by molar-refractivity contribution is 0.520. The van der Waals surface area contributed by atoms with Crippen molar-refractivity contribution in [2.24, 2.45) is 0 Å². The molecule has 0 bridgehead atoms. The molecule has 1 unspecified atom stereocenters. The molecular formula is C13H18NO. The zero-order chi connectivity index (χ0) is 11.1. The van der Waals surface area contributed by atoms with Crippen molar-refractivity contribution in [3.8, 4) is 0 Å². The Morgan fingerprint density at radius 2 is 1.93 bits per heavy atom. The van der Waals surface area contributed by atoms with Crippen molar-refractivity contribution in [3.63, 3.8) is 0 Å². The Labute approximate surface area is 91.9 Å². The first-order valence-corrected chi connectivity index (χ1v) is 5.55. The number of anilines is 1. The summed E-state index contributed by atoms with van der Waals surface area (Å²) in [6.07, 6.45) is 5.12. The summed E-state index contributed by atoms with van der Waals surface area (Å²) >= 11 is 0. The van der Waals surface area contributed by atoms with Crippen LogP contribution in [0, 0.1) is 0 Å². The molecule has 81 valence electrons. The van der Waals surface area contributed by atoms with E-state index in [2.05, 4.69) is 13.8 Å². The second-order valence-corrected chi connectivity index (χ2v) is 3.65. The van der Waals surface area contributed by atoms with Crippen molar-refractivity contribution in [1.29, 1.82) is 0 Å². The van der Waals surface area contributed by atoms with Crippen molar-refractivity contribution in [2.45, 2.75) is 39.2 Å². The maximum atomic E-state index is 11.0.